The molecule has 0 saturated heterocycles. The SMILES string of the molecule is NC(=O)N(O)Cc1ccc2c(c1)CCCN2Cc1cccc(CC(F)(F)F)c1. The minimum Gasteiger partial charge on any atom is -0.367 e. The molecule has 0 aliphatic carbocycles. The number of hydrogen-bond acceptors (Lipinski definition) is 3. The number of hydroxylamine groups is 2. The summed E-state index contributed by atoms with van der Waals surface area (Å²) >= 11 is 0. The number of amides is 2. The molecule has 150 valence electrons. The molecule has 0 fully saturated rings. The Morgan fingerprint density at radius 1 is 1.14 bits per heavy atom. The van der Waals surface area contributed by atoms with Gasteiger partial charge in [0.1, 0.15) is 0 Å². The summed E-state index contributed by atoms with van der Waals surface area (Å²) in [6.07, 6.45) is -3.39. The Labute approximate surface area is 161 Å². The van der Waals surface area contributed by atoms with Crippen LogP contribution in [0.4, 0.5) is 23.7 Å². The fourth-order valence-electron chi connectivity index (χ4n) is 3.53. The van der Waals surface area contributed by atoms with E-state index < -0.39 is 18.6 Å². The highest BCUT2D eigenvalue weighted by Crippen LogP contribution is 2.30. The summed E-state index contributed by atoms with van der Waals surface area (Å²) in [7, 11) is 0. The Bertz CT molecular complexity index is 855. The molecule has 0 atom stereocenters. The van der Waals surface area contributed by atoms with Crippen LogP contribution in [0.15, 0.2) is 42.5 Å². The number of rotatable bonds is 5. The minimum absolute atomic E-state index is 0.00208. The van der Waals surface area contributed by atoms with E-state index in [1.807, 2.05) is 24.3 Å². The van der Waals surface area contributed by atoms with Gasteiger partial charge in [-0.3, -0.25) is 5.21 Å². The van der Waals surface area contributed by atoms with Crippen molar-refractivity contribution in [3.8, 4) is 0 Å². The Morgan fingerprint density at radius 3 is 2.61 bits per heavy atom. The molecule has 0 spiro atoms. The molecule has 28 heavy (non-hydrogen) atoms. The lowest BCUT2D eigenvalue weighted by molar-refractivity contribution is -0.127. The van der Waals surface area contributed by atoms with Gasteiger partial charge in [-0.1, -0.05) is 36.4 Å². The molecular weight excluding hydrogens is 371 g/mol. The number of fused-ring (bicyclic) bond motifs is 1. The maximum absolute atomic E-state index is 12.6. The Morgan fingerprint density at radius 2 is 1.89 bits per heavy atom. The molecule has 5 nitrogen and oxygen atoms in total. The monoisotopic (exact) mass is 393 g/mol. The molecular formula is C20H22F3N3O2. The second kappa shape index (κ2) is 8.10. The fourth-order valence-corrected chi connectivity index (χ4v) is 3.53. The molecule has 0 radical (unpaired) electrons. The molecule has 2 aromatic rings. The lowest BCUT2D eigenvalue weighted by Crippen LogP contribution is -2.32. The van der Waals surface area contributed by atoms with Crippen molar-refractivity contribution in [1.82, 2.24) is 5.06 Å². The second-order valence-corrected chi connectivity index (χ2v) is 7.00. The van der Waals surface area contributed by atoms with Crippen LogP contribution in [-0.2, 0) is 25.9 Å². The van der Waals surface area contributed by atoms with Crippen molar-refractivity contribution in [2.45, 2.75) is 38.5 Å². The number of anilines is 1. The normalized spacial score (nSPS) is 13.9. The third kappa shape index (κ3) is 5.16. The van der Waals surface area contributed by atoms with E-state index in [9.17, 15) is 23.2 Å². The smallest absolute Gasteiger partial charge is 0.367 e. The summed E-state index contributed by atoms with van der Waals surface area (Å²) in [5, 5.41) is 9.96. The number of aryl methyl sites for hydroxylation is 1. The number of carbonyl (C=O) groups excluding carboxylic acids is 1. The molecule has 3 rings (SSSR count). The molecule has 0 saturated carbocycles. The maximum atomic E-state index is 12.6. The lowest BCUT2D eigenvalue weighted by atomic mass is 9.98. The van der Waals surface area contributed by atoms with Gasteiger partial charge >= 0.3 is 12.2 Å². The highest BCUT2D eigenvalue weighted by atomic mass is 19.4. The molecule has 1 aliphatic heterocycles. The number of primary amides is 1. The summed E-state index contributed by atoms with van der Waals surface area (Å²) in [6, 6.07) is 11.3. The van der Waals surface area contributed by atoms with Gasteiger partial charge in [-0.2, -0.15) is 13.2 Å². The van der Waals surface area contributed by atoms with Gasteiger partial charge in [-0.15, -0.1) is 0 Å². The van der Waals surface area contributed by atoms with Gasteiger partial charge in [0, 0.05) is 18.8 Å². The van der Waals surface area contributed by atoms with E-state index in [1.165, 1.54) is 6.07 Å². The first-order valence-electron chi connectivity index (χ1n) is 8.98. The van der Waals surface area contributed by atoms with Crippen molar-refractivity contribution < 1.29 is 23.2 Å². The number of halogens is 3. The van der Waals surface area contributed by atoms with Gasteiger partial charge in [0.15, 0.2) is 0 Å². The molecule has 0 unspecified atom stereocenters. The highest BCUT2D eigenvalue weighted by molar-refractivity contribution is 5.70. The van der Waals surface area contributed by atoms with Crippen LogP contribution in [0.1, 0.15) is 28.7 Å². The van der Waals surface area contributed by atoms with E-state index in [4.69, 9.17) is 5.73 Å². The average molecular weight is 393 g/mol. The number of alkyl halides is 3. The van der Waals surface area contributed by atoms with Crippen molar-refractivity contribution in [3.63, 3.8) is 0 Å². The first kappa shape index (κ1) is 20.0. The van der Waals surface area contributed by atoms with Crippen molar-refractivity contribution in [2.24, 2.45) is 5.73 Å². The number of hydrogen-bond donors (Lipinski definition) is 2. The van der Waals surface area contributed by atoms with Crippen LogP contribution >= 0.6 is 0 Å². The molecule has 0 bridgehead atoms. The zero-order valence-electron chi connectivity index (χ0n) is 15.2. The first-order valence-corrected chi connectivity index (χ1v) is 8.98. The minimum atomic E-state index is -4.22. The topological polar surface area (TPSA) is 69.8 Å². The fraction of sp³-hybridized carbons (Fsp3) is 0.350. The number of carbonyl (C=O) groups is 1. The van der Waals surface area contributed by atoms with Crippen LogP contribution in [0.5, 0.6) is 0 Å². The summed E-state index contributed by atoms with van der Waals surface area (Å²) < 4.78 is 37.9. The van der Waals surface area contributed by atoms with Crippen molar-refractivity contribution >= 4 is 11.7 Å². The van der Waals surface area contributed by atoms with Gasteiger partial charge in [0.2, 0.25) is 0 Å². The van der Waals surface area contributed by atoms with Gasteiger partial charge in [0.25, 0.3) is 0 Å². The molecule has 8 heteroatoms. The zero-order valence-corrected chi connectivity index (χ0v) is 15.2. The van der Waals surface area contributed by atoms with E-state index in [1.54, 1.807) is 12.1 Å². The summed E-state index contributed by atoms with van der Waals surface area (Å²) in [5.41, 5.74) is 8.97. The number of nitrogens with zero attached hydrogens (tertiary/aromatic N) is 2. The Kier molecular flexibility index (Phi) is 5.79. The molecule has 1 aliphatic rings. The quantitative estimate of drug-likeness (QED) is 0.596. The molecule has 2 aromatic carbocycles. The number of benzene rings is 2. The van der Waals surface area contributed by atoms with Gasteiger partial charge in [-0.05, 0) is 41.2 Å². The van der Waals surface area contributed by atoms with Crippen molar-refractivity contribution in [3.05, 3.63) is 64.7 Å². The predicted octanol–water partition coefficient (Wildman–Crippen LogP) is 4.01. The van der Waals surface area contributed by atoms with Crippen molar-refractivity contribution in [1.29, 1.82) is 0 Å². The maximum Gasteiger partial charge on any atom is 0.393 e. The number of nitrogens with two attached hydrogens (primary N) is 1. The van der Waals surface area contributed by atoms with Crippen molar-refractivity contribution in [2.75, 3.05) is 11.4 Å². The predicted molar refractivity (Wildman–Crippen MR) is 98.9 cm³/mol. The van der Waals surface area contributed by atoms with Crippen LogP contribution in [0.25, 0.3) is 0 Å². The van der Waals surface area contributed by atoms with E-state index in [0.29, 0.717) is 11.6 Å². The second-order valence-electron chi connectivity index (χ2n) is 7.00. The van der Waals surface area contributed by atoms with Gasteiger partial charge in [0.05, 0.1) is 13.0 Å². The molecule has 2 amide bonds. The molecule has 0 aromatic heterocycles. The van der Waals surface area contributed by atoms with Gasteiger partial charge in [-0.25, -0.2) is 9.86 Å². The third-order valence-corrected chi connectivity index (χ3v) is 4.71. The average Bonchev–Trinajstić information content (AvgIpc) is 2.60. The lowest BCUT2D eigenvalue weighted by Gasteiger charge is -2.32. The first-order chi connectivity index (χ1) is 13.2. The largest absolute Gasteiger partial charge is 0.393 e. The van der Waals surface area contributed by atoms with E-state index in [-0.39, 0.29) is 12.1 Å². The summed E-state index contributed by atoms with van der Waals surface area (Å²) in [5.74, 6) is 0. The van der Waals surface area contributed by atoms with E-state index >= 15 is 0 Å². The van der Waals surface area contributed by atoms with E-state index in [2.05, 4.69) is 4.90 Å². The number of urea groups is 1. The van der Waals surface area contributed by atoms with E-state index in [0.717, 1.165) is 41.8 Å². The molecule has 1 heterocycles. The van der Waals surface area contributed by atoms with Crippen LogP contribution in [-0.4, -0.2) is 29.0 Å². The van der Waals surface area contributed by atoms with Crippen LogP contribution < -0.4 is 10.6 Å². The summed E-state index contributed by atoms with van der Waals surface area (Å²) in [4.78, 5) is 13.1. The zero-order chi connectivity index (χ0) is 20.3. The van der Waals surface area contributed by atoms with Gasteiger partial charge < -0.3 is 10.6 Å². The summed E-state index contributed by atoms with van der Waals surface area (Å²) in [6.45, 7) is 1.33. The Balaban J connectivity index is 1.76. The van der Waals surface area contributed by atoms with Crippen LogP contribution in [0.3, 0.4) is 0 Å². The third-order valence-electron chi connectivity index (χ3n) is 4.71. The van der Waals surface area contributed by atoms with Crippen LogP contribution in [0.2, 0.25) is 0 Å². The Hall–Kier alpha value is -2.74. The highest BCUT2D eigenvalue weighted by Gasteiger charge is 2.27. The molecule has 3 N–H and O–H groups in total. The van der Waals surface area contributed by atoms with Crippen LogP contribution in [0, 0.1) is 0 Å². The standard InChI is InChI=1S/C20H22F3N3O2/c21-20(22,23)11-14-3-1-4-15(9-14)12-25-8-2-5-17-10-16(6-7-18(17)25)13-26(28)19(24)27/h1,3-4,6-7,9-10,28H,2,5,8,11-13H2,(H2,24,27).